The third-order valence-corrected chi connectivity index (χ3v) is 5.69. The minimum Gasteiger partial charge on any atom is -0.375 e. The van der Waals surface area contributed by atoms with E-state index in [2.05, 4.69) is 36.2 Å². The molecule has 0 aliphatic rings. The molecule has 4 amide bonds. The first-order chi connectivity index (χ1) is 17.4. The van der Waals surface area contributed by atoms with Gasteiger partial charge in [0.15, 0.2) is 5.01 Å². The molecule has 36 heavy (non-hydrogen) atoms. The van der Waals surface area contributed by atoms with Crippen molar-refractivity contribution < 1.29 is 23.9 Å². The second-order valence-electron chi connectivity index (χ2n) is 7.51. The molecule has 13 nitrogen and oxygen atoms in total. The zero-order valence-corrected chi connectivity index (χ0v) is 20.1. The Kier molecular flexibility index (Phi) is 9.43. The number of nitrogens with one attached hydrogen (secondary N) is 5. The van der Waals surface area contributed by atoms with Gasteiger partial charge in [0.2, 0.25) is 23.6 Å². The van der Waals surface area contributed by atoms with E-state index in [0.29, 0.717) is 21.9 Å². The van der Waals surface area contributed by atoms with Gasteiger partial charge in [-0.25, -0.2) is 9.97 Å². The molecule has 0 aliphatic carbocycles. The number of carbonyl (C=O) groups excluding carboxylic acids is 4. The van der Waals surface area contributed by atoms with Crippen molar-refractivity contribution in [3.8, 4) is 6.07 Å². The lowest BCUT2D eigenvalue weighted by Gasteiger charge is -2.18. The number of benzene rings is 1. The molecule has 1 atom stereocenters. The fourth-order valence-electron chi connectivity index (χ4n) is 3.14. The van der Waals surface area contributed by atoms with Gasteiger partial charge in [0.1, 0.15) is 18.7 Å². The van der Waals surface area contributed by atoms with Crippen LogP contribution in [0.1, 0.15) is 17.1 Å². The highest BCUT2D eigenvalue weighted by Crippen LogP contribution is 2.24. The summed E-state index contributed by atoms with van der Waals surface area (Å²) in [4.78, 5) is 59.8. The van der Waals surface area contributed by atoms with Crippen LogP contribution in [-0.2, 0) is 30.3 Å². The summed E-state index contributed by atoms with van der Waals surface area (Å²) in [6.45, 7) is -0.367. The van der Waals surface area contributed by atoms with Crippen molar-refractivity contribution in [3.63, 3.8) is 0 Å². The number of imidazole rings is 1. The van der Waals surface area contributed by atoms with E-state index < -0.39 is 23.8 Å². The molecule has 0 radical (unpaired) electrons. The van der Waals surface area contributed by atoms with E-state index in [4.69, 9.17) is 10.00 Å². The van der Waals surface area contributed by atoms with Gasteiger partial charge in [0, 0.05) is 44.1 Å². The summed E-state index contributed by atoms with van der Waals surface area (Å²) in [5.41, 5.74) is 1.76. The molecule has 2 aromatic heterocycles. The number of rotatable bonds is 12. The number of hydrogen-bond donors (Lipinski definition) is 5. The van der Waals surface area contributed by atoms with Crippen molar-refractivity contribution in [3.05, 3.63) is 41.4 Å². The molecule has 0 fully saturated rings. The molecule has 2 heterocycles. The summed E-state index contributed by atoms with van der Waals surface area (Å²) < 4.78 is 5.45. The van der Waals surface area contributed by atoms with Crippen molar-refractivity contribution in [1.29, 1.82) is 5.26 Å². The van der Waals surface area contributed by atoms with Gasteiger partial charge in [-0.3, -0.25) is 19.2 Å². The molecule has 14 heteroatoms. The molecule has 0 saturated heterocycles. The third-order valence-electron chi connectivity index (χ3n) is 4.77. The minimum absolute atomic E-state index is 0.0454. The van der Waals surface area contributed by atoms with Gasteiger partial charge in [-0.1, -0.05) is 0 Å². The van der Waals surface area contributed by atoms with E-state index in [1.807, 2.05) is 6.07 Å². The number of methoxy groups -OCH3 is 1. The summed E-state index contributed by atoms with van der Waals surface area (Å²) in [6, 6.07) is 6.04. The zero-order valence-electron chi connectivity index (χ0n) is 19.3. The largest absolute Gasteiger partial charge is 0.375 e. The molecule has 0 spiro atoms. The maximum absolute atomic E-state index is 12.8. The topological polar surface area (TPSA) is 191 Å². The van der Waals surface area contributed by atoms with Crippen LogP contribution in [0, 0.1) is 11.3 Å². The smallest absolute Gasteiger partial charge is 0.245 e. The number of nitriles is 1. The lowest BCUT2D eigenvalue weighted by Crippen LogP contribution is -2.50. The van der Waals surface area contributed by atoms with Crippen LogP contribution < -0.4 is 21.3 Å². The maximum Gasteiger partial charge on any atom is 0.245 e. The summed E-state index contributed by atoms with van der Waals surface area (Å²) in [7, 11) is 1.39. The van der Waals surface area contributed by atoms with Crippen LogP contribution in [0.5, 0.6) is 0 Å². The van der Waals surface area contributed by atoms with E-state index in [1.54, 1.807) is 18.2 Å². The second-order valence-corrected chi connectivity index (χ2v) is 8.54. The number of carbonyl (C=O) groups is 4. The number of thiazole rings is 1. The van der Waals surface area contributed by atoms with Crippen LogP contribution in [0.3, 0.4) is 0 Å². The van der Waals surface area contributed by atoms with Crippen molar-refractivity contribution in [1.82, 2.24) is 30.9 Å². The SMILES string of the molecule is COCC(=O)NCCC(=O)NC(Cc1cnc[nH]1)C(=O)NCC(=O)Nc1ccc2nc(C#N)sc2c1. The Morgan fingerprint density at radius 1 is 1.19 bits per heavy atom. The van der Waals surface area contributed by atoms with E-state index in [-0.39, 0.29) is 38.4 Å². The Labute approximate surface area is 209 Å². The van der Waals surface area contributed by atoms with Crippen molar-refractivity contribution in [2.24, 2.45) is 0 Å². The number of hydrogen-bond acceptors (Lipinski definition) is 9. The highest BCUT2D eigenvalue weighted by atomic mass is 32.1. The number of fused-ring (bicyclic) bond motifs is 1. The summed E-state index contributed by atoms with van der Waals surface area (Å²) >= 11 is 1.21. The predicted molar refractivity (Wildman–Crippen MR) is 130 cm³/mol. The van der Waals surface area contributed by atoms with Crippen LogP contribution in [0.2, 0.25) is 0 Å². The monoisotopic (exact) mass is 512 g/mol. The van der Waals surface area contributed by atoms with Crippen LogP contribution in [0.4, 0.5) is 5.69 Å². The summed E-state index contributed by atoms with van der Waals surface area (Å²) in [6.07, 6.45) is 3.05. The Bertz CT molecular complexity index is 1270. The van der Waals surface area contributed by atoms with Gasteiger partial charge >= 0.3 is 0 Å². The number of anilines is 1. The fourth-order valence-corrected chi connectivity index (χ4v) is 3.94. The standard InChI is InChI=1S/C22H24N8O5S/c1-35-11-20(33)25-5-4-18(31)29-16(6-14-9-24-12-27-14)22(34)26-10-19(32)28-13-2-3-15-17(7-13)36-21(8-23)30-15/h2-3,7,9,12,16H,4-6,10-11H2,1H3,(H,24,27)(H,25,33)(H,26,34)(H,28,32)(H,29,31). The van der Waals surface area contributed by atoms with Gasteiger partial charge in [-0.2, -0.15) is 5.26 Å². The average molecular weight is 513 g/mol. The maximum atomic E-state index is 12.8. The summed E-state index contributed by atoms with van der Waals surface area (Å²) in [5, 5.41) is 19.6. The van der Waals surface area contributed by atoms with Crippen molar-refractivity contribution >= 4 is 50.9 Å². The van der Waals surface area contributed by atoms with Crippen LogP contribution >= 0.6 is 11.3 Å². The van der Waals surface area contributed by atoms with Gasteiger partial charge in [-0.05, 0) is 18.2 Å². The number of aromatic amines is 1. The molecule has 1 aromatic carbocycles. The van der Waals surface area contributed by atoms with Crippen LogP contribution in [0.25, 0.3) is 10.2 Å². The van der Waals surface area contributed by atoms with Gasteiger partial charge in [0.05, 0.1) is 23.1 Å². The molecule has 0 bridgehead atoms. The Balaban J connectivity index is 1.53. The molecule has 0 aliphatic heterocycles. The molecular weight excluding hydrogens is 488 g/mol. The lowest BCUT2D eigenvalue weighted by atomic mass is 10.1. The van der Waals surface area contributed by atoms with Crippen LogP contribution in [-0.4, -0.2) is 71.4 Å². The molecule has 5 N–H and O–H groups in total. The number of aromatic nitrogens is 3. The highest BCUT2D eigenvalue weighted by molar-refractivity contribution is 7.19. The number of ether oxygens (including phenoxy) is 1. The normalized spacial score (nSPS) is 11.3. The van der Waals surface area contributed by atoms with Gasteiger partial charge < -0.3 is 31.0 Å². The van der Waals surface area contributed by atoms with Crippen LogP contribution in [0.15, 0.2) is 30.7 Å². The van der Waals surface area contributed by atoms with E-state index in [1.165, 1.54) is 31.0 Å². The number of nitrogens with zero attached hydrogens (tertiary/aromatic N) is 3. The highest BCUT2D eigenvalue weighted by Gasteiger charge is 2.22. The number of H-pyrrole nitrogens is 1. The molecule has 188 valence electrons. The predicted octanol–water partition coefficient (Wildman–Crippen LogP) is -0.174. The first-order valence-electron chi connectivity index (χ1n) is 10.8. The minimum atomic E-state index is -0.974. The van der Waals surface area contributed by atoms with E-state index in [9.17, 15) is 19.2 Å². The van der Waals surface area contributed by atoms with E-state index in [0.717, 1.165) is 4.70 Å². The third kappa shape index (κ3) is 7.86. The van der Waals surface area contributed by atoms with Crippen molar-refractivity contribution in [2.45, 2.75) is 18.9 Å². The van der Waals surface area contributed by atoms with Crippen molar-refractivity contribution in [2.75, 3.05) is 32.1 Å². The first kappa shape index (κ1) is 26.3. The number of amides is 4. The quantitative estimate of drug-likeness (QED) is 0.221. The lowest BCUT2D eigenvalue weighted by molar-refractivity contribution is -0.130. The molecule has 3 aromatic rings. The Hall–Kier alpha value is -4.35. The second kappa shape index (κ2) is 12.9. The molecule has 3 rings (SSSR count). The molecule has 1 unspecified atom stereocenters. The Morgan fingerprint density at radius 3 is 2.75 bits per heavy atom. The average Bonchev–Trinajstić information content (AvgIpc) is 3.51. The zero-order chi connectivity index (χ0) is 25.9. The van der Waals surface area contributed by atoms with Gasteiger partial charge in [-0.15, -0.1) is 11.3 Å². The summed E-state index contributed by atoms with van der Waals surface area (Å²) in [5.74, 6) is -1.84. The molecular formula is C22H24N8O5S. The molecule has 0 saturated carbocycles. The first-order valence-corrected chi connectivity index (χ1v) is 11.6. The Morgan fingerprint density at radius 2 is 2.03 bits per heavy atom. The van der Waals surface area contributed by atoms with E-state index >= 15 is 0 Å². The van der Waals surface area contributed by atoms with Gasteiger partial charge in [0.25, 0.3) is 0 Å². The fraction of sp³-hybridized carbons (Fsp3) is 0.318.